The second kappa shape index (κ2) is 2.90. The zero-order valence-corrected chi connectivity index (χ0v) is 4.30. The number of imide groups is 1. The van der Waals surface area contributed by atoms with Crippen LogP contribution in [0, 0.1) is 0 Å². The highest BCUT2D eigenvalue weighted by Crippen LogP contribution is 1.57. The molecule has 4 heteroatoms. The zero-order valence-electron chi connectivity index (χ0n) is 4.30. The van der Waals surface area contributed by atoms with Crippen molar-refractivity contribution in [2.45, 2.75) is 6.92 Å². The van der Waals surface area contributed by atoms with E-state index in [1.807, 2.05) is 0 Å². The summed E-state index contributed by atoms with van der Waals surface area (Å²) in [6, 6.07) is 0. The van der Waals surface area contributed by atoms with E-state index >= 15 is 0 Å². The van der Waals surface area contributed by atoms with Crippen molar-refractivity contribution < 1.29 is 14.4 Å². The van der Waals surface area contributed by atoms with Gasteiger partial charge in [-0.05, 0) is 0 Å². The summed E-state index contributed by atoms with van der Waals surface area (Å²) in [6.45, 7) is 1.15. The van der Waals surface area contributed by atoms with Gasteiger partial charge in [0, 0.05) is 6.92 Å². The Bertz CT molecular complexity index is 129. The Kier molecular flexibility index (Phi) is 2.47. The highest BCUT2D eigenvalue weighted by molar-refractivity contribution is 6.27. The molecule has 0 aromatic rings. The van der Waals surface area contributed by atoms with Crippen molar-refractivity contribution in [3.63, 3.8) is 0 Å². The van der Waals surface area contributed by atoms with Crippen LogP contribution in [0.1, 0.15) is 6.92 Å². The number of carbonyl (C=O) groups is 3. The highest BCUT2D eigenvalue weighted by atomic mass is 16.2. The molecule has 0 heterocycles. The first-order valence-corrected chi connectivity index (χ1v) is 1.93. The molecule has 8 heavy (non-hydrogen) atoms. The van der Waals surface area contributed by atoms with Crippen molar-refractivity contribution in [3.8, 4) is 0 Å². The van der Waals surface area contributed by atoms with Gasteiger partial charge in [-0.2, -0.15) is 0 Å². The summed E-state index contributed by atoms with van der Waals surface area (Å²) in [5.41, 5.74) is 0. The van der Waals surface area contributed by atoms with Crippen LogP contribution < -0.4 is 5.32 Å². The van der Waals surface area contributed by atoms with Gasteiger partial charge in [0.15, 0.2) is 0 Å². The first-order valence-electron chi connectivity index (χ1n) is 1.93. The molecular formula is C4H5NO3. The number of rotatable bonds is 1. The molecule has 4 nitrogen and oxygen atoms in total. The monoisotopic (exact) mass is 115 g/mol. The molecule has 0 aliphatic heterocycles. The van der Waals surface area contributed by atoms with Gasteiger partial charge >= 0.3 is 0 Å². The SMILES string of the molecule is CC(=O)NC(=O)C=O. The lowest BCUT2D eigenvalue weighted by molar-refractivity contribution is -0.135. The maximum Gasteiger partial charge on any atom is 0.290 e. The van der Waals surface area contributed by atoms with Crippen molar-refractivity contribution in [2.75, 3.05) is 0 Å². The predicted molar refractivity (Wildman–Crippen MR) is 24.9 cm³/mol. The van der Waals surface area contributed by atoms with E-state index < -0.39 is 11.8 Å². The molecule has 2 amide bonds. The Labute approximate surface area is 45.9 Å². The molecule has 0 aromatic heterocycles. The van der Waals surface area contributed by atoms with Crippen molar-refractivity contribution >= 4 is 18.1 Å². The van der Waals surface area contributed by atoms with Gasteiger partial charge in [0.1, 0.15) is 0 Å². The fourth-order valence-corrected chi connectivity index (χ4v) is 0.203. The van der Waals surface area contributed by atoms with E-state index in [0.29, 0.717) is 0 Å². The molecule has 0 bridgehead atoms. The van der Waals surface area contributed by atoms with E-state index in [1.165, 1.54) is 0 Å². The fourth-order valence-electron chi connectivity index (χ4n) is 0.203. The number of nitrogens with one attached hydrogen (secondary N) is 1. The molecule has 0 aliphatic carbocycles. The molecule has 0 saturated heterocycles. The van der Waals surface area contributed by atoms with Gasteiger partial charge in [-0.1, -0.05) is 0 Å². The van der Waals surface area contributed by atoms with Crippen LogP contribution in [0.2, 0.25) is 0 Å². The van der Waals surface area contributed by atoms with Crippen molar-refractivity contribution in [2.24, 2.45) is 0 Å². The summed E-state index contributed by atoms with van der Waals surface area (Å²) in [7, 11) is 0. The topological polar surface area (TPSA) is 63.2 Å². The molecule has 0 unspecified atom stereocenters. The van der Waals surface area contributed by atoms with Gasteiger partial charge in [0.25, 0.3) is 5.91 Å². The van der Waals surface area contributed by atoms with E-state index in [1.54, 1.807) is 5.32 Å². The molecular weight excluding hydrogens is 110 g/mol. The predicted octanol–water partition coefficient (Wildman–Crippen LogP) is -1.15. The number of amides is 2. The maximum absolute atomic E-state index is 9.92. The molecule has 0 spiro atoms. The quantitative estimate of drug-likeness (QED) is 0.346. The summed E-state index contributed by atoms with van der Waals surface area (Å²) in [5.74, 6) is -1.43. The van der Waals surface area contributed by atoms with Crippen LogP contribution in [0.15, 0.2) is 0 Å². The molecule has 0 atom stereocenters. The second-order valence-corrected chi connectivity index (χ2v) is 1.16. The van der Waals surface area contributed by atoms with Crippen LogP contribution >= 0.6 is 0 Å². The Morgan fingerprint density at radius 2 is 2.00 bits per heavy atom. The Morgan fingerprint density at radius 3 is 2.12 bits per heavy atom. The minimum Gasteiger partial charge on any atom is -0.292 e. The number of hydrogen-bond donors (Lipinski definition) is 1. The molecule has 44 valence electrons. The minimum absolute atomic E-state index is 0.0431. The van der Waals surface area contributed by atoms with Crippen LogP contribution in [0.5, 0.6) is 0 Å². The third-order valence-corrected chi connectivity index (χ3v) is 0.406. The van der Waals surface area contributed by atoms with Gasteiger partial charge in [-0.25, -0.2) is 0 Å². The maximum atomic E-state index is 9.92. The zero-order chi connectivity index (χ0) is 6.57. The van der Waals surface area contributed by atoms with Crippen LogP contribution in [0.25, 0.3) is 0 Å². The van der Waals surface area contributed by atoms with Gasteiger partial charge in [-0.15, -0.1) is 0 Å². The third-order valence-electron chi connectivity index (χ3n) is 0.406. The molecule has 0 saturated carbocycles. The summed E-state index contributed by atoms with van der Waals surface area (Å²) in [5, 5.41) is 1.75. The molecule has 0 radical (unpaired) electrons. The average Bonchev–Trinajstić information content (AvgIpc) is 1.65. The van der Waals surface area contributed by atoms with E-state index in [0.717, 1.165) is 6.92 Å². The number of carbonyl (C=O) groups excluding carboxylic acids is 3. The standard InChI is InChI=1S/C4H5NO3/c1-3(7)5-4(8)2-6/h2H,1H3,(H,5,7,8). The van der Waals surface area contributed by atoms with Gasteiger partial charge in [0.2, 0.25) is 12.2 Å². The Hall–Kier alpha value is -1.19. The lowest BCUT2D eigenvalue weighted by atomic mass is 10.6. The van der Waals surface area contributed by atoms with Crippen LogP contribution in [-0.2, 0) is 14.4 Å². The summed E-state index contributed by atoms with van der Waals surface area (Å²) in [6.07, 6.45) is 0.0431. The summed E-state index contributed by atoms with van der Waals surface area (Å²) in [4.78, 5) is 29.3. The largest absolute Gasteiger partial charge is 0.292 e. The third kappa shape index (κ3) is 3.02. The molecule has 1 N–H and O–H groups in total. The van der Waals surface area contributed by atoms with Gasteiger partial charge in [-0.3, -0.25) is 19.7 Å². The van der Waals surface area contributed by atoms with Crippen LogP contribution in [0.4, 0.5) is 0 Å². The lowest BCUT2D eigenvalue weighted by Gasteiger charge is -1.87. The second-order valence-electron chi connectivity index (χ2n) is 1.16. The normalized spacial score (nSPS) is 7.62. The smallest absolute Gasteiger partial charge is 0.290 e. The van der Waals surface area contributed by atoms with Crippen molar-refractivity contribution in [3.05, 3.63) is 0 Å². The minimum atomic E-state index is -0.905. The van der Waals surface area contributed by atoms with E-state index in [-0.39, 0.29) is 6.29 Å². The van der Waals surface area contributed by atoms with E-state index in [2.05, 4.69) is 0 Å². The molecule has 0 aliphatic rings. The summed E-state index contributed by atoms with van der Waals surface area (Å²) < 4.78 is 0. The molecule has 0 rings (SSSR count). The van der Waals surface area contributed by atoms with E-state index in [9.17, 15) is 14.4 Å². The van der Waals surface area contributed by atoms with Crippen molar-refractivity contribution in [1.82, 2.24) is 5.32 Å². The highest BCUT2D eigenvalue weighted by Gasteiger charge is 1.97. The summed E-state index contributed by atoms with van der Waals surface area (Å²) >= 11 is 0. The first kappa shape index (κ1) is 6.81. The first-order chi connectivity index (χ1) is 3.66. The number of hydrogen-bond acceptors (Lipinski definition) is 3. The molecule has 0 aromatic carbocycles. The van der Waals surface area contributed by atoms with Crippen LogP contribution in [-0.4, -0.2) is 18.1 Å². The van der Waals surface area contributed by atoms with Gasteiger partial charge in [0.05, 0.1) is 0 Å². The Morgan fingerprint density at radius 1 is 1.50 bits per heavy atom. The van der Waals surface area contributed by atoms with E-state index in [4.69, 9.17) is 0 Å². The lowest BCUT2D eigenvalue weighted by Crippen LogP contribution is -2.28. The number of aldehydes is 1. The Balaban J connectivity index is 3.55. The van der Waals surface area contributed by atoms with Gasteiger partial charge < -0.3 is 0 Å². The fraction of sp³-hybridized carbons (Fsp3) is 0.250. The average molecular weight is 115 g/mol. The van der Waals surface area contributed by atoms with Crippen LogP contribution in [0.3, 0.4) is 0 Å². The van der Waals surface area contributed by atoms with Crippen molar-refractivity contribution in [1.29, 1.82) is 0 Å². The molecule has 0 fully saturated rings.